The van der Waals surface area contributed by atoms with Crippen molar-refractivity contribution in [3.8, 4) is 0 Å². The van der Waals surface area contributed by atoms with Crippen LogP contribution < -0.4 is 10.6 Å². The molecule has 9 heteroatoms. The van der Waals surface area contributed by atoms with Crippen LogP contribution in [-0.2, 0) is 0 Å². The highest BCUT2D eigenvalue weighted by molar-refractivity contribution is 9.10. The van der Waals surface area contributed by atoms with Crippen molar-refractivity contribution < 1.29 is 22.4 Å². The predicted octanol–water partition coefficient (Wildman–Crippen LogP) is 2.15. The molecule has 2 N–H and O–H groups in total. The van der Waals surface area contributed by atoms with E-state index in [0.717, 1.165) is 6.07 Å². The maximum absolute atomic E-state index is 13.4. The van der Waals surface area contributed by atoms with Crippen molar-refractivity contribution in [2.75, 3.05) is 32.7 Å². The Hall–Kier alpha value is -1.19. The van der Waals surface area contributed by atoms with Gasteiger partial charge in [0.15, 0.2) is 0 Å². The van der Waals surface area contributed by atoms with E-state index < -0.39 is 30.5 Å². The zero-order chi connectivity index (χ0) is 17.0. The first-order chi connectivity index (χ1) is 10.8. The van der Waals surface area contributed by atoms with Crippen LogP contribution in [0.1, 0.15) is 10.4 Å². The molecular formula is C14H16BrF4N3O. The van der Waals surface area contributed by atoms with Crippen LogP contribution in [0.5, 0.6) is 0 Å². The molecule has 128 valence electrons. The standard InChI is InChI=1S/C14H16BrF4N3O/c15-10-2-1-9(7-11(10)16)13(23)21-8-12(14(17,18)19)22-5-3-20-4-6-22/h1-2,7,12,20H,3-6,8H2,(H,21,23). The number of nitrogens with one attached hydrogen (secondary N) is 2. The molecule has 0 radical (unpaired) electrons. The number of rotatable bonds is 4. The first-order valence-electron chi connectivity index (χ1n) is 7.04. The molecule has 1 heterocycles. The largest absolute Gasteiger partial charge is 0.405 e. The highest BCUT2D eigenvalue weighted by Gasteiger charge is 2.43. The summed E-state index contributed by atoms with van der Waals surface area (Å²) in [4.78, 5) is 13.2. The molecule has 1 fully saturated rings. The summed E-state index contributed by atoms with van der Waals surface area (Å²) < 4.78 is 53.2. The van der Waals surface area contributed by atoms with E-state index in [2.05, 4.69) is 26.6 Å². The molecule has 0 aliphatic carbocycles. The van der Waals surface area contributed by atoms with Crippen molar-refractivity contribution in [3.63, 3.8) is 0 Å². The first kappa shape index (κ1) is 18.2. The van der Waals surface area contributed by atoms with Gasteiger partial charge in [-0.05, 0) is 34.1 Å². The third-order valence-corrected chi connectivity index (χ3v) is 4.25. The average Bonchev–Trinajstić information content (AvgIpc) is 2.49. The fourth-order valence-corrected chi connectivity index (χ4v) is 2.62. The minimum atomic E-state index is -4.45. The number of benzene rings is 1. The van der Waals surface area contributed by atoms with Gasteiger partial charge in [-0.2, -0.15) is 13.2 Å². The minimum Gasteiger partial charge on any atom is -0.350 e. The fraction of sp³-hybridized carbons (Fsp3) is 0.500. The van der Waals surface area contributed by atoms with Gasteiger partial charge in [0.2, 0.25) is 0 Å². The lowest BCUT2D eigenvalue weighted by Crippen LogP contribution is -2.57. The van der Waals surface area contributed by atoms with Crippen molar-refractivity contribution in [1.82, 2.24) is 15.5 Å². The topological polar surface area (TPSA) is 44.4 Å². The Morgan fingerprint density at radius 3 is 2.57 bits per heavy atom. The minimum absolute atomic E-state index is 0.0214. The molecule has 1 atom stereocenters. The van der Waals surface area contributed by atoms with Crippen LogP contribution in [0.25, 0.3) is 0 Å². The Bertz CT molecular complexity index is 561. The number of hydrogen-bond donors (Lipinski definition) is 2. The maximum atomic E-state index is 13.4. The summed E-state index contributed by atoms with van der Waals surface area (Å²) >= 11 is 2.95. The van der Waals surface area contributed by atoms with E-state index in [-0.39, 0.29) is 23.1 Å². The zero-order valence-corrected chi connectivity index (χ0v) is 13.7. The molecule has 1 aliphatic rings. The van der Waals surface area contributed by atoms with Crippen molar-refractivity contribution >= 4 is 21.8 Å². The highest BCUT2D eigenvalue weighted by Crippen LogP contribution is 2.25. The summed E-state index contributed by atoms with van der Waals surface area (Å²) in [5.41, 5.74) is -0.0214. The van der Waals surface area contributed by atoms with Crippen LogP contribution in [0, 0.1) is 5.82 Å². The number of piperazine rings is 1. The Labute approximate surface area is 139 Å². The fourth-order valence-electron chi connectivity index (χ4n) is 2.37. The van der Waals surface area contributed by atoms with Crippen molar-refractivity contribution in [1.29, 1.82) is 0 Å². The molecular weight excluding hydrogens is 382 g/mol. The van der Waals surface area contributed by atoms with Crippen LogP contribution in [0.2, 0.25) is 0 Å². The first-order valence-corrected chi connectivity index (χ1v) is 7.83. The van der Waals surface area contributed by atoms with Gasteiger partial charge < -0.3 is 10.6 Å². The van der Waals surface area contributed by atoms with Crippen molar-refractivity contribution in [3.05, 3.63) is 34.1 Å². The molecule has 0 spiro atoms. The van der Waals surface area contributed by atoms with Gasteiger partial charge in [0.25, 0.3) is 5.91 Å². The monoisotopic (exact) mass is 397 g/mol. The quantitative estimate of drug-likeness (QED) is 0.765. The van der Waals surface area contributed by atoms with E-state index >= 15 is 0 Å². The van der Waals surface area contributed by atoms with Gasteiger partial charge in [0.1, 0.15) is 11.9 Å². The molecule has 1 unspecified atom stereocenters. The SMILES string of the molecule is O=C(NCC(N1CCNCC1)C(F)(F)F)c1ccc(Br)c(F)c1. The van der Waals surface area contributed by atoms with Gasteiger partial charge in [-0.25, -0.2) is 4.39 Å². The summed E-state index contributed by atoms with van der Waals surface area (Å²) in [6.07, 6.45) is -4.45. The molecule has 1 aromatic carbocycles. The van der Waals surface area contributed by atoms with Gasteiger partial charge in [-0.15, -0.1) is 0 Å². The molecule has 2 rings (SSSR count). The lowest BCUT2D eigenvalue weighted by Gasteiger charge is -2.35. The Kier molecular flexibility index (Phi) is 5.99. The molecule has 0 saturated carbocycles. The van der Waals surface area contributed by atoms with E-state index in [0.29, 0.717) is 13.1 Å². The van der Waals surface area contributed by atoms with Gasteiger partial charge in [-0.3, -0.25) is 9.69 Å². The van der Waals surface area contributed by atoms with Crippen LogP contribution >= 0.6 is 15.9 Å². The van der Waals surface area contributed by atoms with E-state index in [4.69, 9.17) is 0 Å². The zero-order valence-electron chi connectivity index (χ0n) is 12.1. The van der Waals surface area contributed by atoms with Gasteiger partial charge in [0.05, 0.1) is 4.47 Å². The molecule has 4 nitrogen and oxygen atoms in total. The maximum Gasteiger partial charge on any atom is 0.405 e. The normalized spacial score (nSPS) is 17.8. The third-order valence-electron chi connectivity index (χ3n) is 3.61. The molecule has 1 aromatic rings. The molecule has 1 aliphatic heterocycles. The number of halogens is 5. The van der Waals surface area contributed by atoms with E-state index in [1.807, 2.05) is 0 Å². The highest BCUT2D eigenvalue weighted by atomic mass is 79.9. The molecule has 0 bridgehead atoms. The number of alkyl halides is 3. The number of hydrogen-bond acceptors (Lipinski definition) is 3. The number of carbonyl (C=O) groups is 1. The second-order valence-corrected chi connectivity index (χ2v) is 6.04. The van der Waals surface area contributed by atoms with E-state index in [1.54, 1.807) is 0 Å². The van der Waals surface area contributed by atoms with Gasteiger partial charge in [0, 0.05) is 38.3 Å². The predicted molar refractivity (Wildman–Crippen MR) is 80.7 cm³/mol. The summed E-state index contributed by atoms with van der Waals surface area (Å²) in [5, 5.41) is 5.23. The summed E-state index contributed by atoms with van der Waals surface area (Å²) in [6, 6.07) is 1.90. The lowest BCUT2D eigenvalue weighted by atomic mass is 10.1. The summed E-state index contributed by atoms with van der Waals surface area (Å²) in [7, 11) is 0. The van der Waals surface area contributed by atoms with E-state index in [1.165, 1.54) is 17.0 Å². The summed E-state index contributed by atoms with van der Waals surface area (Å²) in [6.45, 7) is 0.886. The lowest BCUT2D eigenvalue weighted by molar-refractivity contribution is -0.183. The van der Waals surface area contributed by atoms with Crippen LogP contribution in [0.15, 0.2) is 22.7 Å². The number of carbonyl (C=O) groups excluding carboxylic acids is 1. The molecule has 1 amide bonds. The second-order valence-electron chi connectivity index (χ2n) is 5.18. The average molecular weight is 398 g/mol. The van der Waals surface area contributed by atoms with Gasteiger partial charge in [-0.1, -0.05) is 0 Å². The Balaban J connectivity index is 2.02. The van der Waals surface area contributed by atoms with Crippen molar-refractivity contribution in [2.24, 2.45) is 0 Å². The smallest absolute Gasteiger partial charge is 0.350 e. The second kappa shape index (κ2) is 7.59. The Morgan fingerprint density at radius 2 is 2.00 bits per heavy atom. The molecule has 1 saturated heterocycles. The van der Waals surface area contributed by atoms with Gasteiger partial charge >= 0.3 is 6.18 Å². The molecule has 23 heavy (non-hydrogen) atoms. The van der Waals surface area contributed by atoms with E-state index in [9.17, 15) is 22.4 Å². The number of nitrogens with zero attached hydrogens (tertiary/aromatic N) is 1. The van der Waals surface area contributed by atoms with Crippen LogP contribution in [0.4, 0.5) is 17.6 Å². The van der Waals surface area contributed by atoms with Crippen molar-refractivity contribution in [2.45, 2.75) is 12.2 Å². The summed E-state index contributed by atoms with van der Waals surface area (Å²) in [5.74, 6) is -1.38. The Morgan fingerprint density at radius 1 is 1.35 bits per heavy atom. The third kappa shape index (κ3) is 4.89. The number of amides is 1. The van der Waals surface area contributed by atoms with Crippen LogP contribution in [0.3, 0.4) is 0 Å². The van der Waals surface area contributed by atoms with Crippen LogP contribution in [-0.4, -0.2) is 55.7 Å². The molecule has 0 aromatic heterocycles.